The second-order valence-corrected chi connectivity index (χ2v) is 6.05. The summed E-state index contributed by atoms with van der Waals surface area (Å²) in [6.45, 7) is 6.38. The van der Waals surface area contributed by atoms with Crippen molar-refractivity contribution in [3.8, 4) is 0 Å². The molecule has 110 valence electrons. The fourth-order valence-electron chi connectivity index (χ4n) is 2.23. The largest absolute Gasteiger partial charge is 0.506 e. The van der Waals surface area contributed by atoms with Crippen molar-refractivity contribution < 1.29 is 14.6 Å². The fraction of sp³-hybridized carbons (Fsp3) is 0.278. The molecule has 0 heterocycles. The van der Waals surface area contributed by atoms with Crippen LogP contribution in [-0.4, -0.2) is 11.3 Å². The summed E-state index contributed by atoms with van der Waals surface area (Å²) in [5.41, 5.74) is 2.82. The highest BCUT2D eigenvalue weighted by Crippen LogP contribution is 2.30. The molecule has 0 aliphatic rings. The van der Waals surface area contributed by atoms with Gasteiger partial charge in [-0.25, -0.2) is 4.79 Å². The Morgan fingerprint density at radius 1 is 1.00 bits per heavy atom. The molecule has 0 amide bonds. The van der Waals surface area contributed by atoms with Crippen LogP contribution in [0.4, 0.5) is 4.79 Å². The summed E-state index contributed by atoms with van der Waals surface area (Å²) in [4.78, 5) is 11.0. The maximum atomic E-state index is 11.0. The molecular weight excluding hydrogens is 264 g/mol. The number of hydrogen-bond acceptors (Lipinski definition) is 2. The molecule has 2 aromatic rings. The van der Waals surface area contributed by atoms with Gasteiger partial charge < -0.3 is 9.84 Å². The van der Waals surface area contributed by atoms with E-state index in [1.165, 1.54) is 0 Å². The molecule has 21 heavy (non-hydrogen) atoms. The smallest absolute Gasteiger partial charge is 0.450 e. The lowest BCUT2D eigenvalue weighted by atomic mass is 9.85. The number of carbonyl (C=O) groups is 1. The average molecular weight is 284 g/mol. The SMILES string of the molecule is CC(C)(C)c1cccc(C(OC(=O)O)c2ccccc2)c1. The molecule has 1 atom stereocenters. The minimum Gasteiger partial charge on any atom is -0.450 e. The third-order valence-electron chi connectivity index (χ3n) is 3.38. The molecule has 1 unspecified atom stereocenters. The molecule has 0 bridgehead atoms. The van der Waals surface area contributed by atoms with Crippen LogP contribution >= 0.6 is 0 Å². The summed E-state index contributed by atoms with van der Waals surface area (Å²) in [5.74, 6) is 0. The summed E-state index contributed by atoms with van der Waals surface area (Å²) < 4.78 is 5.11. The number of ether oxygens (including phenoxy) is 1. The van der Waals surface area contributed by atoms with Crippen molar-refractivity contribution in [3.05, 3.63) is 71.3 Å². The third-order valence-corrected chi connectivity index (χ3v) is 3.38. The Bertz CT molecular complexity index is 612. The second-order valence-electron chi connectivity index (χ2n) is 6.05. The molecule has 0 aliphatic carbocycles. The lowest BCUT2D eigenvalue weighted by molar-refractivity contribution is 0.0662. The molecule has 0 aliphatic heterocycles. The van der Waals surface area contributed by atoms with Crippen LogP contribution < -0.4 is 0 Å². The van der Waals surface area contributed by atoms with Gasteiger partial charge in [0.05, 0.1) is 0 Å². The summed E-state index contributed by atoms with van der Waals surface area (Å²) in [6, 6.07) is 17.3. The van der Waals surface area contributed by atoms with E-state index >= 15 is 0 Å². The van der Waals surface area contributed by atoms with Crippen molar-refractivity contribution in [2.45, 2.75) is 32.3 Å². The van der Waals surface area contributed by atoms with E-state index in [9.17, 15) is 4.79 Å². The first-order valence-corrected chi connectivity index (χ1v) is 6.93. The van der Waals surface area contributed by atoms with E-state index in [2.05, 4.69) is 20.8 Å². The van der Waals surface area contributed by atoms with Crippen LogP contribution in [0, 0.1) is 0 Å². The molecule has 0 aromatic heterocycles. The van der Waals surface area contributed by atoms with Gasteiger partial charge in [-0.15, -0.1) is 0 Å². The van der Waals surface area contributed by atoms with Crippen molar-refractivity contribution in [1.82, 2.24) is 0 Å². The van der Waals surface area contributed by atoms with Crippen molar-refractivity contribution in [2.24, 2.45) is 0 Å². The van der Waals surface area contributed by atoms with E-state index in [0.717, 1.165) is 16.7 Å². The van der Waals surface area contributed by atoms with Crippen LogP contribution in [0.2, 0.25) is 0 Å². The first kappa shape index (κ1) is 15.1. The van der Waals surface area contributed by atoms with Gasteiger partial charge in [-0.3, -0.25) is 0 Å². The minimum absolute atomic E-state index is 0.000468. The highest BCUT2D eigenvalue weighted by Gasteiger charge is 2.21. The van der Waals surface area contributed by atoms with Gasteiger partial charge in [0.2, 0.25) is 0 Å². The molecular formula is C18H20O3. The number of benzene rings is 2. The predicted molar refractivity (Wildman–Crippen MR) is 82.5 cm³/mol. The van der Waals surface area contributed by atoms with Crippen LogP contribution in [0.1, 0.15) is 43.6 Å². The van der Waals surface area contributed by atoms with Crippen LogP contribution in [-0.2, 0) is 10.2 Å². The highest BCUT2D eigenvalue weighted by atomic mass is 16.7. The molecule has 1 N–H and O–H groups in total. The quantitative estimate of drug-likeness (QED) is 0.826. The van der Waals surface area contributed by atoms with E-state index in [0.29, 0.717) is 0 Å². The Kier molecular flexibility index (Phi) is 4.32. The standard InChI is InChI=1S/C18H20O3/c1-18(2,3)15-11-7-10-14(12-15)16(21-17(19)20)13-8-5-4-6-9-13/h4-12,16H,1-3H3,(H,19,20). The molecule has 2 rings (SSSR count). The maximum Gasteiger partial charge on any atom is 0.506 e. The molecule has 0 spiro atoms. The van der Waals surface area contributed by atoms with E-state index < -0.39 is 12.3 Å². The third kappa shape index (κ3) is 3.85. The molecule has 3 nitrogen and oxygen atoms in total. The van der Waals surface area contributed by atoms with Gasteiger partial charge in [0, 0.05) is 0 Å². The Morgan fingerprint density at radius 2 is 1.62 bits per heavy atom. The van der Waals surface area contributed by atoms with Crippen molar-refractivity contribution in [3.63, 3.8) is 0 Å². The monoisotopic (exact) mass is 284 g/mol. The van der Waals surface area contributed by atoms with Gasteiger partial charge in [-0.05, 0) is 22.1 Å². The van der Waals surface area contributed by atoms with Crippen LogP contribution in [0.3, 0.4) is 0 Å². The van der Waals surface area contributed by atoms with Gasteiger partial charge in [0.25, 0.3) is 0 Å². The van der Waals surface area contributed by atoms with Crippen LogP contribution in [0.25, 0.3) is 0 Å². The normalized spacial score (nSPS) is 12.7. The average Bonchev–Trinajstić information content (AvgIpc) is 2.45. The number of carboxylic acid groups (broad SMARTS) is 1. The molecule has 3 heteroatoms. The predicted octanol–water partition coefficient (Wildman–Crippen LogP) is 4.77. The Hall–Kier alpha value is -2.29. The van der Waals surface area contributed by atoms with Crippen molar-refractivity contribution >= 4 is 6.16 Å². The first-order valence-electron chi connectivity index (χ1n) is 6.93. The van der Waals surface area contributed by atoms with Gasteiger partial charge in [-0.2, -0.15) is 0 Å². The zero-order valence-corrected chi connectivity index (χ0v) is 12.5. The van der Waals surface area contributed by atoms with E-state index in [1.54, 1.807) is 0 Å². The van der Waals surface area contributed by atoms with Crippen LogP contribution in [0.5, 0.6) is 0 Å². The molecule has 0 saturated heterocycles. The summed E-state index contributed by atoms with van der Waals surface area (Å²) in [7, 11) is 0. The molecule has 0 radical (unpaired) electrons. The summed E-state index contributed by atoms with van der Waals surface area (Å²) in [5, 5.41) is 9.01. The van der Waals surface area contributed by atoms with Gasteiger partial charge in [0.15, 0.2) is 6.10 Å². The fourth-order valence-corrected chi connectivity index (χ4v) is 2.23. The highest BCUT2D eigenvalue weighted by molar-refractivity contribution is 5.58. The Labute approximate surface area is 125 Å². The van der Waals surface area contributed by atoms with Gasteiger partial charge in [0.1, 0.15) is 0 Å². The van der Waals surface area contributed by atoms with E-state index in [4.69, 9.17) is 9.84 Å². The number of rotatable bonds is 3. The zero-order valence-electron chi connectivity index (χ0n) is 12.5. The summed E-state index contributed by atoms with van der Waals surface area (Å²) >= 11 is 0. The van der Waals surface area contributed by atoms with Crippen molar-refractivity contribution in [1.29, 1.82) is 0 Å². The Balaban J connectivity index is 2.45. The van der Waals surface area contributed by atoms with Crippen LogP contribution in [0.15, 0.2) is 54.6 Å². The first-order chi connectivity index (χ1) is 9.88. The van der Waals surface area contributed by atoms with Gasteiger partial charge >= 0.3 is 6.16 Å². The van der Waals surface area contributed by atoms with E-state index in [1.807, 2.05) is 54.6 Å². The summed E-state index contributed by atoms with van der Waals surface area (Å²) in [6.07, 6.45) is -1.88. The second kappa shape index (κ2) is 6.00. The maximum absolute atomic E-state index is 11.0. The van der Waals surface area contributed by atoms with Gasteiger partial charge in [-0.1, -0.05) is 75.4 Å². The van der Waals surface area contributed by atoms with Crippen molar-refractivity contribution in [2.75, 3.05) is 0 Å². The number of hydrogen-bond donors (Lipinski definition) is 1. The minimum atomic E-state index is -1.27. The molecule has 0 fully saturated rings. The molecule has 0 saturated carbocycles. The van der Waals surface area contributed by atoms with E-state index in [-0.39, 0.29) is 5.41 Å². The topological polar surface area (TPSA) is 46.5 Å². The lowest BCUT2D eigenvalue weighted by Gasteiger charge is -2.22. The lowest BCUT2D eigenvalue weighted by Crippen LogP contribution is -2.14. The Morgan fingerprint density at radius 3 is 2.19 bits per heavy atom. The molecule has 2 aromatic carbocycles. The zero-order chi connectivity index (χ0) is 15.5.